The van der Waals surface area contributed by atoms with Gasteiger partial charge in [0.1, 0.15) is 0 Å². The molecule has 110 valence electrons. The molecular formula is C17H20N2S2. The second-order valence-corrected chi connectivity index (χ2v) is 6.34. The molecule has 2 aromatic rings. The fraction of sp³-hybridized carbons (Fsp3) is 0.235. The highest BCUT2D eigenvalue weighted by Gasteiger charge is 2.07. The lowest BCUT2D eigenvalue weighted by molar-refractivity contribution is 0.869. The third-order valence-electron chi connectivity index (χ3n) is 3.16. The molecule has 0 bridgehead atoms. The molecule has 0 unspecified atom stereocenters. The maximum Gasteiger partial charge on any atom is 0.175 e. The lowest BCUT2D eigenvalue weighted by Crippen LogP contribution is -2.20. The van der Waals surface area contributed by atoms with E-state index in [0.717, 1.165) is 11.4 Å². The van der Waals surface area contributed by atoms with Crippen molar-refractivity contribution >= 4 is 40.5 Å². The van der Waals surface area contributed by atoms with Gasteiger partial charge in [-0.1, -0.05) is 38.1 Å². The lowest BCUT2D eigenvalue weighted by Gasteiger charge is -2.16. The molecule has 0 aromatic heterocycles. The zero-order valence-corrected chi connectivity index (χ0v) is 14.1. The molecule has 2 rings (SSSR count). The van der Waals surface area contributed by atoms with E-state index in [-0.39, 0.29) is 0 Å². The quantitative estimate of drug-likeness (QED) is 0.587. The van der Waals surface area contributed by atoms with Crippen LogP contribution in [0.2, 0.25) is 0 Å². The van der Waals surface area contributed by atoms with E-state index < -0.39 is 0 Å². The summed E-state index contributed by atoms with van der Waals surface area (Å²) in [6.45, 7) is 4.36. The number of hydrogen-bond acceptors (Lipinski definition) is 2. The third kappa shape index (κ3) is 4.48. The molecule has 21 heavy (non-hydrogen) atoms. The van der Waals surface area contributed by atoms with Gasteiger partial charge in [-0.2, -0.15) is 0 Å². The van der Waals surface area contributed by atoms with Crippen LogP contribution in [0.4, 0.5) is 11.4 Å². The molecule has 2 aromatic carbocycles. The first-order valence-electron chi connectivity index (χ1n) is 6.91. The van der Waals surface area contributed by atoms with Crippen molar-refractivity contribution in [3.05, 3.63) is 54.1 Å². The Bertz CT molecular complexity index is 624. The predicted molar refractivity (Wildman–Crippen MR) is 98.6 cm³/mol. The maximum absolute atomic E-state index is 5.41. The molecule has 0 atom stereocenters. The minimum absolute atomic E-state index is 0.455. The Balaban J connectivity index is 2.08. The monoisotopic (exact) mass is 316 g/mol. The number of benzene rings is 2. The summed E-state index contributed by atoms with van der Waals surface area (Å²) >= 11 is 7.13. The van der Waals surface area contributed by atoms with E-state index in [1.807, 2.05) is 18.2 Å². The van der Waals surface area contributed by atoms with Crippen LogP contribution in [-0.2, 0) is 0 Å². The fourth-order valence-corrected chi connectivity index (χ4v) is 2.79. The standard InChI is InChI=1S/C17H20N2S2/c1-12(2)15-9-4-5-10-16(15)19-17(20)18-13-7-6-8-14(11-13)21-3/h4-12H,1-3H3,(H2,18,19,20). The first-order valence-corrected chi connectivity index (χ1v) is 8.54. The largest absolute Gasteiger partial charge is 0.332 e. The SMILES string of the molecule is CSc1cccc(NC(=S)Nc2ccccc2C(C)C)c1. The Kier molecular flexibility index (Phi) is 5.65. The van der Waals surface area contributed by atoms with Crippen LogP contribution in [0, 0.1) is 0 Å². The van der Waals surface area contributed by atoms with Crippen LogP contribution < -0.4 is 10.6 Å². The van der Waals surface area contributed by atoms with Crippen molar-refractivity contribution in [3.63, 3.8) is 0 Å². The zero-order chi connectivity index (χ0) is 15.2. The average Bonchev–Trinajstić information content (AvgIpc) is 2.47. The molecule has 0 aliphatic heterocycles. The van der Waals surface area contributed by atoms with Crippen molar-refractivity contribution < 1.29 is 0 Å². The highest BCUT2D eigenvalue weighted by molar-refractivity contribution is 7.98. The molecule has 0 radical (unpaired) electrons. The van der Waals surface area contributed by atoms with Crippen LogP contribution in [0.25, 0.3) is 0 Å². The Labute approximate surface area is 136 Å². The predicted octanol–water partition coefficient (Wildman–Crippen LogP) is 5.34. The Morgan fingerprint density at radius 3 is 2.52 bits per heavy atom. The van der Waals surface area contributed by atoms with Gasteiger partial charge in [-0.15, -0.1) is 11.8 Å². The summed E-state index contributed by atoms with van der Waals surface area (Å²) in [4.78, 5) is 1.21. The van der Waals surface area contributed by atoms with Crippen molar-refractivity contribution in [3.8, 4) is 0 Å². The average molecular weight is 316 g/mol. The summed E-state index contributed by atoms with van der Waals surface area (Å²) in [5, 5.41) is 7.14. The molecule has 0 spiro atoms. The lowest BCUT2D eigenvalue weighted by atomic mass is 10.0. The molecule has 0 saturated carbocycles. The second kappa shape index (κ2) is 7.48. The van der Waals surface area contributed by atoms with E-state index >= 15 is 0 Å². The van der Waals surface area contributed by atoms with Gasteiger partial charge in [-0.05, 0) is 54.2 Å². The summed E-state index contributed by atoms with van der Waals surface area (Å²) in [5.74, 6) is 0.455. The van der Waals surface area contributed by atoms with Crippen LogP contribution in [0.3, 0.4) is 0 Å². The molecular weight excluding hydrogens is 296 g/mol. The number of hydrogen-bond donors (Lipinski definition) is 2. The smallest absolute Gasteiger partial charge is 0.175 e. The third-order valence-corrected chi connectivity index (χ3v) is 4.09. The van der Waals surface area contributed by atoms with Crippen LogP contribution in [0.15, 0.2) is 53.4 Å². The minimum atomic E-state index is 0.455. The zero-order valence-electron chi connectivity index (χ0n) is 12.5. The fourth-order valence-electron chi connectivity index (χ4n) is 2.10. The van der Waals surface area contributed by atoms with Gasteiger partial charge in [-0.25, -0.2) is 0 Å². The molecule has 0 saturated heterocycles. The van der Waals surface area contributed by atoms with Gasteiger partial charge in [0.15, 0.2) is 5.11 Å². The van der Waals surface area contributed by atoms with Gasteiger partial charge < -0.3 is 10.6 Å². The van der Waals surface area contributed by atoms with E-state index in [4.69, 9.17) is 12.2 Å². The van der Waals surface area contributed by atoms with Gasteiger partial charge in [0.05, 0.1) is 0 Å². The molecule has 0 aliphatic rings. The van der Waals surface area contributed by atoms with Gasteiger partial charge >= 0.3 is 0 Å². The highest BCUT2D eigenvalue weighted by Crippen LogP contribution is 2.24. The van der Waals surface area contributed by atoms with Crippen molar-refractivity contribution in [2.45, 2.75) is 24.7 Å². The van der Waals surface area contributed by atoms with Gasteiger partial charge in [0.2, 0.25) is 0 Å². The Morgan fingerprint density at radius 2 is 1.81 bits per heavy atom. The maximum atomic E-state index is 5.41. The Hall–Kier alpha value is -1.52. The molecule has 0 fully saturated rings. The van der Waals surface area contributed by atoms with Crippen LogP contribution in [0.1, 0.15) is 25.3 Å². The molecule has 0 amide bonds. The molecule has 2 N–H and O–H groups in total. The van der Waals surface area contributed by atoms with Gasteiger partial charge in [0, 0.05) is 16.3 Å². The van der Waals surface area contributed by atoms with Crippen molar-refractivity contribution in [2.24, 2.45) is 0 Å². The molecule has 4 heteroatoms. The number of thioether (sulfide) groups is 1. The first-order chi connectivity index (χ1) is 10.1. The summed E-state index contributed by atoms with van der Waals surface area (Å²) in [6.07, 6.45) is 2.06. The first kappa shape index (κ1) is 15.9. The van der Waals surface area contributed by atoms with Gasteiger partial charge in [-0.3, -0.25) is 0 Å². The molecule has 0 heterocycles. The van der Waals surface area contributed by atoms with Gasteiger partial charge in [0.25, 0.3) is 0 Å². The number of anilines is 2. The van der Waals surface area contributed by atoms with Crippen molar-refractivity contribution in [1.82, 2.24) is 0 Å². The van der Waals surface area contributed by atoms with Crippen molar-refractivity contribution in [2.75, 3.05) is 16.9 Å². The summed E-state index contributed by atoms with van der Waals surface area (Å²) in [6, 6.07) is 16.5. The van der Waals surface area contributed by atoms with E-state index in [2.05, 4.69) is 61.1 Å². The van der Waals surface area contributed by atoms with Crippen LogP contribution in [-0.4, -0.2) is 11.4 Å². The summed E-state index contributed by atoms with van der Waals surface area (Å²) < 4.78 is 0. The Morgan fingerprint density at radius 1 is 1.05 bits per heavy atom. The summed E-state index contributed by atoms with van der Waals surface area (Å²) in [5.41, 5.74) is 3.33. The number of thiocarbonyl (C=S) groups is 1. The normalized spacial score (nSPS) is 10.5. The van der Waals surface area contributed by atoms with Crippen molar-refractivity contribution in [1.29, 1.82) is 0 Å². The molecule has 2 nitrogen and oxygen atoms in total. The van der Waals surface area contributed by atoms with E-state index in [1.165, 1.54) is 10.5 Å². The number of rotatable bonds is 4. The molecule has 0 aliphatic carbocycles. The summed E-state index contributed by atoms with van der Waals surface area (Å²) in [7, 11) is 0. The van der Waals surface area contributed by atoms with Crippen LogP contribution in [0.5, 0.6) is 0 Å². The minimum Gasteiger partial charge on any atom is -0.332 e. The topological polar surface area (TPSA) is 24.1 Å². The van der Waals surface area contributed by atoms with E-state index in [0.29, 0.717) is 11.0 Å². The van der Waals surface area contributed by atoms with E-state index in [9.17, 15) is 0 Å². The highest BCUT2D eigenvalue weighted by atomic mass is 32.2. The van der Waals surface area contributed by atoms with E-state index in [1.54, 1.807) is 11.8 Å². The van der Waals surface area contributed by atoms with Crippen LogP contribution >= 0.6 is 24.0 Å². The second-order valence-electron chi connectivity index (χ2n) is 5.05. The number of para-hydroxylation sites is 1. The number of nitrogens with one attached hydrogen (secondary N) is 2.